The highest BCUT2D eigenvalue weighted by molar-refractivity contribution is 9.10. The maximum Gasteiger partial charge on any atom is 0.490 e. The van der Waals surface area contributed by atoms with Crippen LogP contribution in [0.25, 0.3) is 11.2 Å². The average molecular weight is 791 g/mol. The van der Waals surface area contributed by atoms with Gasteiger partial charge in [0, 0.05) is 42.1 Å². The lowest BCUT2D eigenvalue weighted by Crippen LogP contribution is -2.48. The van der Waals surface area contributed by atoms with E-state index in [0.29, 0.717) is 67.2 Å². The Morgan fingerprint density at radius 2 is 1.84 bits per heavy atom. The number of hydrogen-bond acceptors (Lipinski definition) is 13. The molecule has 0 bridgehead atoms. The number of alkyl halides is 3. The van der Waals surface area contributed by atoms with Crippen LogP contribution in [0.4, 0.5) is 19.0 Å². The van der Waals surface area contributed by atoms with Crippen molar-refractivity contribution in [3.05, 3.63) is 22.9 Å². The van der Waals surface area contributed by atoms with Crippen molar-refractivity contribution >= 4 is 62.5 Å². The number of carbonyl (C=O) groups is 3. The van der Waals surface area contributed by atoms with Crippen LogP contribution in [0.3, 0.4) is 0 Å². The third-order valence-electron chi connectivity index (χ3n) is 8.26. The summed E-state index contributed by atoms with van der Waals surface area (Å²) < 4.78 is 56.8. The summed E-state index contributed by atoms with van der Waals surface area (Å²) >= 11 is 5.13. The molecule has 0 spiro atoms. The first-order chi connectivity index (χ1) is 23.7. The first-order valence-corrected chi connectivity index (χ1v) is 17.2. The number of halogens is 4. The number of likely N-dealkylation sites (N-methyl/N-ethyl adjacent to an activating group) is 1. The van der Waals surface area contributed by atoms with Crippen molar-refractivity contribution < 1.29 is 51.6 Å². The van der Waals surface area contributed by atoms with E-state index >= 15 is 0 Å². The van der Waals surface area contributed by atoms with E-state index in [1.54, 1.807) is 11.8 Å². The van der Waals surface area contributed by atoms with E-state index in [-0.39, 0.29) is 12.7 Å². The van der Waals surface area contributed by atoms with E-state index in [9.17, 15) is 22.8 Å². The molecule has 3 aromatic rings. The SMILES string of the molecule is C[C@H](OC(=O)[C@@H]1CN(C)CCO1)C(=O)N1CCC(CCn2c(Sc3cc4c(cc3Br)OCO4)nc3c(N)ncnc32)CC1.O=C(O)C(F)(F)F. The van der Waals surface area contributed by atoms with Gasteiger partial charge in [0.25, 0.3) is 5.91 Å². The molecule has 3 aliphatic heterocycles. The van der Waals surface area contributed by atoms with E-state index < -0.39 is 30.3 Å². The number of nitrogens with two attached hydrogens (primary N) is 1. The van der Waals surface area contributed by atoms with Gasteiger partial charge in [-0.3, -0.25) is 4.79 Å². The number of aryl methyl sites for hydroxylation is 1. The van der Waals surface area contributed by atoms with Gasteiger partial charge in [-0.25, -0.2) is 24.5 Å². The number of nitrogens with zero attached hydrogens (tertiary/aromatic N) is 6. The third kappa shape index (κ3) is 9.07. The molecule has 2 fully saturated rings. The van der Waals surface area contributed by atoms with Gasteiger partial charge < -0.3 is 44.2 Å². The van der Waals surface area contributed by atoms with Gasteiger partial charge in [-0.1, -0.05) is 11.8 Å². The summed E-state index contributed by atoms with van der Waals surface area (Å²) in [5, 5.41) is 7.87. The highest BCUT2D eigenvalue weighted by Gasteiger charge is 2.38. The molecule has 15 nitrogen and oxygen atoms in total. The number of fused-ring (bicyclic) bond motifs is 2. The van der Waals surface area contributed by atoms with E-state index in [1.165, 1.54) is 18.1 Å². The van der Waals surface area contributed by atoms with Crippen LogP contribution in [0.15, 0.2) is 33.0 Å². The molecule has 272 valence electrons. The van der Waals surface area contributed by atoms with Gasteiger partial charge in [0.2, 0.25) is 6.79 Å². The molecule has 20 heteroatoms. The predicted molar refractivity (Wildman–Crippen MR) is 175 cm³/mol. The van der Waals surface area contributed by atoms with E-state index in [2.05, 4.69) is 30.5 Å². The average Bonchev–Trinajstić information content (AvgIpc) is 3.68. The Hall–Kier alpha value is -3.88. The normalized spacial score (nSPS) is 18.8. The zero-order chi connectivity index (χ0) is 36.2. The number of hydrogen-bond donors (Lipinski definition) is 2. The molecule has 3 aliphatic rings. The molecule has 2 aromatic heterocycles. The summed E-state index contributed by atoms with van der Waals surface area (Å²) in [6.45, 7) is 5.43. The second-order valence-corrected chi connectivity index (χ2v) is 13.6. The molecule has 1 amide bonds. The number of carboxylic acids is 1. The van der Waals surface area contributed by atoms with Crippen LogP contribution >= 0.6 is 27.7 Å². The summed E-state index contributed by atoms with van der Waals surface area (Å²) in [4.78, 5) is 52.6. The highest BCUT2D eigenvalue weighted by Crippen LogP contribution is 2.43. The molecule has 2 atom stereocenters. The van der Waals surface area contributed by atoms with Crippen LogP contribution in [-0.4, -0.2) is 117 Å². The van der Waals surface area contributed by atoms with Crippen molar-refractivity contribution in [2.45, 2.75) is 61.2 Å². The van der Waals surface area contributed by atoms with Crippen molar-refractivity contribution in [2.75, 3.05) is 52.4 Å². The fourth-order valence-corrected chi connectivity index (χ4v) is 7.03. The van der Waals surface area contributed by atoms with Crippen LogP contribution in [0.5, 0.6) is 11.5 Å². The van der Waals surface area contributed by atoms with Gasteiger partial charge in [0.15, 0.2) is 45.8 Å². The number of esters is 1. The van der Waals surface area contributed by atoms with Crippen LogP contribution in [0, 0.1) is 5.92 Å². The molecule has 5 heterocycles. The number of benzene rings is 1. The standard InChI is InChI=1S/C28H34BrN7O6S.C2HF3O2/c1-16(42-27(38)21-13-34(2)9-10-39-21)26(37)35-6-3-17(4-7-35)5-8-36-25-23(24(30)31-14-32-25)33-28(36)43-22-12-20-19(11-18(22)29)40-15-41-20;3-2(4,5)1(6)7/h11-12,14,16-17,21H,3-10,13,15H2,1-2H3,(H2,30,31,32);(H,6,7)/t16-,21-;/m0./s1. The lowest BCUT2D eigenvalue weighted by Gasteiger charge is -2.34. The molecular weight excluding hydrogens is 755 g/mol. The molecule has 0 aliphatic carbocycles. The number of amides is 1. The second kappa shape index (κ2) is 16.0. The molecule has 2 saturated heterocycles. The number of aromatic nitrogens is 4. The number of aliphatic carboxylic acids is 1. The van der Waals surface area contributed by atoms with Crippen molar-refractivity contribution in [2.24, 2.45) is 5.92 Å². The van der Waals surface area contributed by atoms with Crippen LogP contribution in [0.2, 0.25) is 0 Å². The number of carbonyl (C=O) groups excluding carboxylic acids is 2. The smallest absolute Gasteiger partial charge is 0.475 e. The lowest BCUT2D eigenvalue weighted by molar-refractivity contribution is -0.192. The van der Waals surface area contributed by atoms with Crippen molar-refractivity contribution in [3.63, 3.8) is 0 Å². The Morgan fingerprint density at radius 3 is 2.50 bits per heavy atom. The van der Waals surface area contributed by atoms with E-state index in [0.717, 1.165) is 40.3 Å². The van der Waals surface area contributed by atoms with Gasteiger partial charge in [0.05, 0.1) is 6.61 Å². The Kier molecular flexibility index (Phi) is 12.0. The first-order valence-electron chi connectivity index (χ1n) is 15.5. The summed E-state index contributed by atoms with van der Waals surface area (Å²) in [7, 11) is 1.93. The molecule has 0 saturated carbocycles. The van der Waals surface area contributed by atoms with Crippen LogP contribution in [0.1, 0.15) is 26.2 Å². The molecule has 50 heavy (non-hydrogen) atoms. The second-order valence-electron chi connectivity index (χ2n) is 11.8. The summed E-state index contributed by atoms with van der Waals surface area (Å²) in [6, 6.07) is 3.83. The maximum absolute atomic E-state index is 13.1. The molecular formula is C30H35BrF3N7O8S. The minimum absolute atomic E-state index is 0.170. The van der Waals surface area contributed by atoms with Gasteiger partial charge in [-0.15, -0.1) is 0 Å². The molecule has 6 rings (SSSR count). The third-order valence-corrected chi connectivity index (χ3v) is 10.2. The van der Waals surface area contributed by atoms with Crippen molar-refractivity contribution in [3.8, 4) is 11.5 Å². The molecule has 0 radical (unpaired) electrons. The summed E-state index contributed by atoms with van der Waals surface area (Å²) in [5.41, 5.74) is 7.41. The Balaban J connectivity index is 0.000000630. The number of imidazole rings is 1. The van der Waals surface area contributed by atoms with Gasteiger partial charge in [0.1, 0.15) is 6.33 Å². The largest absolute Gasteiger partial charge is 0.490 e. The Labute approximate surface area is 296 Å². The van der Waals surface area contributed by atoms with Gasteiger partial charge in [-0.2, -0.15) is 13.2 Å². The molecule has 1 aromatic carbocycles. The Bertz CT molecular complexity index is 1720. The molecule has 0 unspecified atom stereocenters. The minimum atomic E-state index is -5.08. The van der Waals surface area contributed by atoms with Gasteiger partial charge in [-0.05, 0) is 67.2 Å². The fraction of sp³-hybridized carbons (Fsp3) is 0.533. The highest BCUT2D eigenvalue weighted by atomic mass is 79.9. The zero-order valence-electron chi connectivity index (χ0n) is 27.0. The van der Waals surface area contributed by atoms with Gasteiger partial charge >= 0.3 is 18.1 Å². The summed E-state index contributed by atoms with van der Waals surface area (Å²) in [6.07, 6.45) is -2.56. The zero-order valence-corrected chi connectivity index (χ0v) is 29.4. The quantitative estimate of drug-likeness (QED) is 0.316. The number of ether oxygens (including phenoxy) is 4. The number of likely N-dealkylation sites (tertiary alicyclic amines) is 1. The fourth-order valence-electron chi connectivity index (χ4n) is 5.52. The number of rotatable bonds is 8. The number of carboxylic acid groups (broad SMARTS) is 1. The topological polar surface area (TPSA) is 184 Å². The van der Waals surface area contributed by atoms with Crippen LogP contribution < -0.4 is 15.2 Å². The predicted octanol–water partition coefficient (Wildman–Crippen LogP) is 3.58. The van der Waals surface area contributed by atoms with E-state index in [1.807, 2.05) is 24.1 Å². The molecule has 3 N–H and O–H groups in total. The Morgan fingerprint density at radius 1 is 1.16 bits per heavy atom. The summed E-state index contributed by atoms with van der Waals surface area (Å²) in [5.74, 6) is -1.29. The lowest BCUT2D eigenvalue weighted by atomic mass is 9.93. The minimum Gasteiger partial charge on any atom is -0.475 e. The maximum atomic E-state index is 13.1. The number of morpholine rings is 1. The van der Waals surface area contributed by atoms with Crippen molar-refractivity contribution in [1.82, 2.24) is 29.3 Å². The monoisotopic (exact) mass is 789 g/mol. The van der Waals surface area contributed by atoms with Crippen molar-refractivity contribution in [1.29, 1.82) is 0 Å². The number of piperidine rings is 1. The van der Waals surface area contributed by atoms with Crippen LogP contribution in [-0.2, 0) is 30.4 Å². The number of nitrogen functional groups attached to an aromatic ring is 1. The first kappa shape index (κ1) is 37.4. The number of anilines is 1. The van der Waals surface area contributed by atoms with E-state index in [4.69, 9.17) is 39.6 Å².